The number of rotatable bonds is 3. The van der Waals surface area contributed by atoms with E-state index in [2.05, 4.69) is 5.32 Å². The number of alkyl halides is 3. The fraction of sp³-hybridized carbons (Fsp3) is 0.708. The molecule has 1 aromatic heterocycles. The number of fused-ring (bicyclic) bond motifs is 1. The molecule has 3 amide bonds. The molecular formula is C24H29F3N4O4. The van der Waals surface area contributed by atoms with Gasteiger partial charge in [-0.15, -0.1) is 0 Å². The number of urea groups is 1. The fourth-order valence-corrected chi connectivity index (χ4v) is 6.62. The van der Waals surface area contributed by atoms with Crippen LogP contribution >= 0.6 is 0 Å². The first-order valence-corrected chi connectivity index (χ1v) is 12.3. The third kappa shape index (κ3) is 3.82. The van der Waals surface area contributed by atoms with Crippen molar-refractivity contribution in [3.05, 3.63) is 34.2 Å². The Bertz CT molecular complexity index is 1100. The van der Waals surface area contributed by atoms with E-state index in [1.165, 1.54) is 22.9 Å². The Balaban J connectivity index is 1.02. The van der Waals surface area contributed by atoms with Gasteiger partial charge in [0, 0.05) is 50.4 Å². The number of amides is 3. The smallest absolute Gasteiger partial charge is 0.366 e. The minimum atomic E-state index is -4.30. The molecule has 2 aliphatic carbocycles. The summed E-state index contributed by atoms with van der Waals surface area (Å²) in [6, 6.07) is 2.38. The van der Waals surface area contributed by atoms with Crippen LogP contribution in [0.15, 0.2) is 23.1 Å². The van der Waals surface area contributed by atoms with Crippen molar-refractivity contribution in [3.8, 4) is 0 Å². The molecule has 35 heavy (non-hydrogen) atoms. The van der Waals surface area contributed by atoms with Crippen molar-refractivity contribution >= 4 is 11.9 Å². The first-order chi connectivity index (χ1) is 16.6. The lowest BCUT2D eigenvalue weighted by Crippen LogP contribution is -2.68. The average Bonchev–Trinajstić information content (AvgIpc) is 3.57. The van der Waals surface area contributed by atoms with Gasteiger partial charge in [-0.25, -0.2) is 4.79 Å². The fourth-order valence-electron chi connectivity index (χ4n) is 6.62. The molecule has 2 atom stereocenters. The molecule has 0 aromatic carbocycles. The van der Waals surface area contributed by atoms with E-state index in [1.54, 1.807) is 4.90 Å². The number of hydrogen-bond acceptors (Lipinski definition) is 4. The molecule has 0 unspecified atom stereocenters. The molecular weight excluding hydrogens is 465 g/mol. The molecule has 0 radical (unpaired) electrons. The van der Waals surface area contributed by atoms with Crippen molar-refractivity contribution in [3.63, 3.8) is 0 Å². The van der Waals surface area contributed by atoms with Crippen LogP contribution in [-0.2, 0) is 21.5 Å². The number of piperidine rings is 1. The number of carbonyl (C=O) groups is 2. The molecule has 1 N–H and O–H groups in total. The maximum absolute atomic E-state index is 13.5. The summed E-state index contributed by atoms with van der Waals surface area (Å²) >= 11 is 0. The zero-order chi connectivity index (χ0) is 24.6. The van der Waals surface area contributed by atoms with E-state index >= 15 is 0 Å². The second kappa shape index (κ2) is 7.72. The number of ether oxygens (including phenoxy) is 1. The first-order valence-electron chi connectivity index (χ1n) is 12.3. The highest BCUT2D eigenvalue weighted by Gasteiger charge is 2.64. The van der Waals surface area contributed by atoms with Crippen molar-refractivity contribution in [2.24, 2.45) is 11.3 Å². The molecule has 8 nitrogen and oxygen atoms in total. The maximum Gasteiger partial charge on any atom is 0.398 e. The summed E-state index contributed by atoms with van der Waals surface area (Å²) < 4.78 is 47.5. The zero-order valence-electron chi connectivity index (χ0n) is 19.4. The largest absolute Gasteiger partial charge is 0.398 e. The van der Waals surface area contributed by atoms with Gasteiger partial charge in [0.05, 0.1) is 17.6 Å². The number of nitrogens with one attached hydrogen (secondary N) is 1. The standard InChI is InChI=1S/C24H29F3N4O4/c25-24(26,27)23(4-5-23)16-1-2-20(33)30(10-16)9-15-7-22(8-15)13-31(14-22)21(34)29-6-3-18-17(11-29)28-19(32)12-35-18/h1-2,10,15,17-18H,3-9,11-14H2,(H,28,32)/t17-,18+/m1/s1. The van der Waals surface area contributed by atoms with Gasteiger partial charge in [0.25, 0.3) is 5.56 Å². The predicted molar refractivity (Wildman–Crippen MR) is 118 cm³/mol. The number of nitrogens with zero attached hydrogens (tertiary/aromatic N) is 3. The van der Waals surface area contributed by atoms with Crippen LogP contribution in [0, 0.1) is 11.3 Å². The number of likely N-dealkylation sites (tertiary alicyclic amines) is 2. The van der Waals surface area contributed by atoms with Crippen molar-refractivity contribution in [1.82, 2.24) is 19.7 Å². The predicted octanol–water partition coefficient (Wildman–Crippen LogP) is 1.86. The molecule has 6 rings (SSSR count). The van der Waals surface area contributed by atoms with E-state index in [4.69, 9.17) is 4.74 Å². The van der Waals surface area contributed by atoms with Gasteiger partial charge in [-0.3, -0.25) is 9.59 Å². The molecule has 1 aromatic rings. The van der Waals surface area contributed by atoms with Crippen molar-refractivity contribution in [2.45, 2.75) is 62.4 Å². The van der Waals surface area contributed by atoms with Crippen LogP contribution in [0.1, 0.15) is 37.7 Å². The lowest BCUT2D eigenvalue weighted by molar-refractivity contribution is -0.160. The van der Waals surface area contributed by atoms with Gasteiger partial charge in [0.2, 0.25) is 5.91 Å². The highest BCUT2D eigenvalue weighted by atomic mass is 19.4. The third-order valence-corrected chi connectivity index (χ3v) is 8.64. The monoisotopic (exact) mass is 494 g/mol. The number of morpholine rings is 1. The van der Waals surface area contributed by atoms with Gasteiger partial charge >= 0.3 is 12.2 Å². The Morgan fingerprint density at radius 2 is 1.89 bits per heavy atom. The number of halogens is 3. The number of pyridine rings is 1. The van der Waals surface area contributed by atoms with Crippen molar-refractivity contribution in [2.75, 3.05) is 32.8 Å². The molecule has 1 spiro atoms. The van der Waals surface area contributed by atoms with Crippen LogP contribution in [0.5, 0.6) is 0 Å². The van der Waals surface area contributed by atoms with Gasteiger partial charge in [-0.1, -0.05) is 6.07 Å². The molecule has 11 heteroatoms. The highest BCUT2D eigenvalue weighted by molar-refractivity contribution is 5.79. The van der Waals surface area contributed by atoms with E-state index in [0.29, 0.717) is 39.1 Å². The Morgan fingerprint density at radius 3 is 2.57 bits per heavy atom. The minimum Gasteiger partial charge on any atom is -0.366 e. The van der Waals surface area contributed by atoms with Crippen LogP contribution in [0.3, 0.4) is 0 Å². The lowest BCUT2D eigenvalue weighted by atomic mass is 9.57. The molecule has 3 aliphatic heterocycles. The summed E-state index contributed by atoms with van der Waals surface area (Å²) in [5, 5.41) is 2.91. The van der Waals surface area contributed by atoms with Crippen LogP contribution in [0.25, 0.3) is 0 Å². The van der Waals surface area contributed by atoms with Crippen LogP contribution < -0.4 is 10.9 Å². The number of aromatic nitrogens is 1. The summed E-state index contributed by atoms with van der Waals surface area (Å²) in [6.07, 6.45) is -0.393. The number of carbonyl (C=O) groups excluding carboxylic acids is 2. The third-order valence-electron chi connectivity index (χ3n) is 8.64. The second-order valence-electron chi connectivity index (χ2n) is 11.2. The molecule has 4 heterocycles. The van der Waals surface area contributed by atoms with Crippen molar-refractivity contribution in [1.29, 1.82) is 0 Å². The van der Waals surface area contributed by atoms with Crippen LogP contribution in [-0.4, -0.2) is 77.4 Å². The lowest BCUT2D eigenvalue weighted by Gasteiger charge is -2.60. The van der Waals surface area contributed by atoms with Gasteiger partial charge in [0.15, 0.2) is 0 Å². The Morgan fingerprint density at radius 1 is 1.14 bits per heavy atom. The van der Waals surface area contributed by atoms with E-state index in [9.17, 15) is 27.6 Å². The van der Waals surface area contributed by atoms with E-state index in [0.717, 1.165) is 12.8 Å². The normalized spacial score (nSPS) is 29.2. The molecule has 2 saturated carbocycles. The molecule has 3 saturated heterocycles. The Hall–Kier alpha value is -2.56. The van der Waals surface area contributed by atoms with E-state index in [-0.39, 0.29) is 66.0 Å². The Labute approximate surface area is 200 Å². The molecule has 5 aliphatic rings. The minimum absolute atomic E-state index is 0.0249. The van der Waals surface area contributed by atoms with Gasteiger partial charge in [-0.2, -0.15) is 13.2 Å². The SMILES string of the molecule is O=C1CO[C@H]2CCN(C(=O)N3CC4(CC(Cn5cc(C6(C(F)(F)F)CC6)ccc5=O)C4)C3)C[C@H]2N1. The highest BCUT2D eigenvalue weighted by Crippen LogP contribution is 2.59. The van der Waals surface area contributed by atoms with Gasteiger partial charge in [-0.05, 0) is 43.6 Å². The summed E-state index contributed by atoms with van der Waals surface area (Å²) in [6.45, 7) is 2.83. The molecule has 190 valence electrons. The summed E-state index contributed by atoms with van der Waals surface area (Å²) in [7, 11) is 0. The van der Waals surface area contributed by atoms with Gasteiger partial charge in [0.1, 0.15) is 6.61 Å². The Kier molecular flexibility index (Phi) is 5.04. The van der Waals surface area contributed by atoms with Crippen LogP contribution in [0.4, 0.5) is 18.0 Å². The van der Waals surface area contributed by atoms with E-state index < -0.39 is 11.6 Å². The first kappa shape index (κ1) is 22.9. The summed E-state index contributed by atoms with van der Waals surface area (Å²) in [5.74, 6) is 0.0610. The molecule has 5 fully saturated rings. The molecule has 0 bridgehead atoms. The van der Waals surface area contributed by atoms with Crippen molar-refractivity contribution < 1.29 is 27.5 Å². The summed E-state index contributed by atoms with van der Waals surface area (Å²) in [4.78, 5) is 40.5. The van der Waals surface area contributed by atoms with Gasteiger partial charge < -0.3 is 24.4 Å². The summed E-state index contributed by atoms with van der Waals surface area (Å²) in [5.41, 5.74) is -1.84. The van der Waals surface area contributed by atoms with E-state index in [1.807, 2.05) is 4.90 Å². The maximum atomic E-state index is 13.5. The second-order valence-corrected chi connectivity index (χ2v) is 11.2. The zero-order valence-corrected chi connectivity index (χ0v) is 19.4. The van der Waals surface area contributed by atoms with Crippen LogP contribution in [0.2, 0.25) is 0 Å². The topological polar surface area (TPSA) is 83.9 Å². The number of hydrogen-bond donors (Lipinski definition) is 1. The quantitative estimate of drug-likeness (QED) is 0.696. The average molecular weight is 495 g/mol.